The van der Waals surface area contributed by atoms with Gasteiger partial charge >= 0.3 is 11.9 Å². The number of nitrogen functional groups attached to an aromatic ring is 1. The molecule has 0 saturated heterocycles. The number of anilines is 1. The molecular formula is C10H16N2O4. The zero-order valence-corrected chi connectivity index (χ0v) is 9.79. The molecule has 1 heterocycles. The summed E-state index contributed by atoms with van der Waals surface area (Å²) in [7, 11) is 2.45. The van der Waals surface area contributed by atoms with Gasteiger partial charge in [0.05, 0.1) is 19.9 Å². The van der Waals surface area contributed by atoms with Crippen LogP contribution in [0.15, 0.2) is 6.20 Å². The Hall–Kier alpha value is -1.98. The van der Waals surface area contributed by atoms with Crippen molar-refractivity contribution in [1.29, 1.82) is 0 Å². The van der Waals surface area contributed by atoms with Gasteiger partial charge in [0.25, 0.3) is 0 Å². The van der Waals surface area contributed by atoms with Gasteiger partial charge in [0, 0.05) is 6.20 Å². The fourth-order valence-electron chi connectivity index (χ4n) is 0.984. The average Bonchev–Trinajstić information content (AvgIpc) is 2.71. The van der Waals surface area contributed by atoms with Gasteiger partial charge in [-0.2, -0.15) is 0 Å². The molecule has 90 valence electrons. The van der Waals surface area contributed by atoms with E-state index in [9.17, 15) is 9.59 Å². The number of H-pyrrole nitrogens is 1. The molecule has 1 aromatic heterocycles. The number of ether oxygens (including phenoxy) is 2. The highest BCUT2D eigenvalue weighted by atomic mass is 16.5. The average molecular weight is 228 g/mol. The maximum Gasteiger partial charge on any atom is 0.356 e. The smallest absolute Gasteiger partial charge is 0.356 e. The van der Waals surface area contributed by atoms with Gasteiger partial charge in [0.1, 0.15) is 11.3 Å². The SMILES string of the molecule is CC.COC(=O)c1c[nH]c(C(=O)OC)c1N. The maximum absolute atomic E-state index is 11.1. The van der Waals surface area contributed by atoms with Crippen LogP contribution in [-0.2, 0) is 9.47 Å². The molecule has 3 N–H and O–H groups in total. The van der Waals surface area contributed by atoms with Crippen molar-refractivity contribution in [2.75, 3.05) is 20.0 Å². The Labute approximate surface area is 93.7 Å². The van der Waals surface area contributed by atoms with Gasteiger partial charge in [0.15, 0.2) is 0 Å². The number of nitrogens with one attached hydrogen (secondary N) is 1. The van der Waals surface area contributed by atoms with E-state index >= 15 is 0 Å². The summed E-state index contributed by atoms with van der Waals surface area (Å²) in [6, 6.07) is 0. The molecule has 0 aliphatic rings. The molecule has 6 nitrogen and oxygen atoms in total. The van der Waals surface area contributed by atoms with E-state index in [2.05, 4.69) is 14.5 Å². The Morgan fingerprint density at radius 1 is 1.19 bits per heavy atom. The number of nitrogens with two attached hydrogens (primary N) is 1. The molecule has 0 aliphatic carbocycles. The van der Waals surface area contributed by atoms with Gasteiger partial charge in [-0.15, -0.1) is 0 Å². The lowest BCUT2D eigenvalue weighted by Crippen LogP contribution is -2.07. The molecule has 16 heavy (non-hydrogen) atoms. The lowest BCUT2D eigenvalue weighted by Gasteiger charge is -1.98. The van der Waals surface area contributed by atoms with Gasteiger partial charge < -0.3 is 20.2 Å². The van der Waals surface area contributed by atoms with E-state index in [0.717, 1.165) is 0 Å². The number of carbonyl (C=O) groups excluding carboxylic acids is 2. The molecule has 0 aliphatic heterocycles. The predicted octanol–water partition coefficient (Wildman–Crippen LogP) is 1.20. The van der Waals surface area contributed by atoms with E-state index in [1.807, 2.05) is 13.8 Å². The second kappa shape index (κ2) is 6.49. The van der Waals surface area contributed by atoms with Crippen molar-refractivity contribution in [2.24, 2.45) is 0 Å². The van der Waals surface area contributed by atoms with Crippen molar-refractivity contribution >= 4 is 17.6 Å². The fraction of sp³-hybridized carbons (Fsp3) is 0.400. The molecule has 0 radical (unpaired) electrons. The zero-order valence-electron chi connectivity index (χ0n) is 9.79. The van der Waals surface area contributed by atoms with Crippen LogP contribution in [0.3, 0.4) is 0 Å². The summed E-state index contributed by atoms with van der Waals surface area (Å²) < 4.78 is 8.89. The molecule has 0 fully saturated rings. The van der Waals surface area contributed by atoms with Crippen LogP contribution in [0.1, 0.15) is 34.7 Å². The second-order valence-electron chi connectivity index (χ2n) is 2.47. The molecule has 0 amide bonds. The van der Waals surface area contributed by atoms with E-state index < -0.39 is 11.9 Å². The van der Waals surface area contributed by atoms with Crippen LogP contribution in [-0.4, -0.2) is 31.1 Å². The highest BCUT2D eigenvalue weighted by Crippen LogP contribution is 2.18. The summed E-state index contributed by atoms with van der Waals surface area (Å²) in [6.45, 7) is 4.00. The van der Waals surface area contributed by atoms with Crippen LogP contribution in [0.5, 0.6) is 0 Å². The highest BCUT2D eigenvalue weighted by Gasteiger charge is 2.19. The number of aromatic amines is 1. The van der Waals surface area contributed by atoms with Crippen LogP contribution in [0.4, 0.5) is 5.69 Å². The molecule has 0 unspecified atom stereocenters. The molecule has 0 atom stereocenters. The van der Waals surface area contributed by atoms with Crippen molar-refractivity contribution in [2.45, 2.75) is 13.8 Å². The minimum absolute atomic E-state index is 0.0312. The Morgan fingerprint density at radius 3 is 2.12 bits per heavy atom. The largest absolute Gasteiger partial charge is 0.465 e. The highest BCUT2D eigenvalue weighted by molar-refractivity contribution is 6.02. The van der Waals surface area contributed by atoms with Crippen LogP contribution >= 0.6 is 0 Å². The number of methoxy groups -OCH3 is 2. The quantitative estimate of drug-likeness (QED) is 0.741. The minimum Gasteiger partial charge on any atom is -0.465 e. The summed E-state index contributed by atoms with van der Waals surface area (Å²) in [4.78, 5) is 24.7. The van der Waals surface area contributed by atoms with Gasteiger partial charge in [-0.05, 0) is 0 Å². The van der Waals surface area contributed by atoms with Crippen LogP contribution in [0.25, 0.3) is 0 Å². The van der Waals surface area contributed by atoms with Crippen molar-refractivity contribution in [1.82, 2.24) is 4.98 Å². The molecule has 0 saturated carbocycles. The molecule has 0 bridgehead atoms. The van der Waals surface area contributed by atoms with E-state index in [1.165, 1.54) is 20.4 Å². The number of esters is 2. The molecule has 1 aromatic rings. The Bertz CT molecular complexity index is 337. The van der Waals surface area contributed by atoms with Gasteiger partial charge in [-0.25, -0.2) is 9.59 Å². The van der Waals surface area contributed by atoms with Crippen molar-refractivity contribution in [3.8, 4) is 0 Å². The van der Waals surface area contributed by atoms with Crippen LogP contribution in [0.2, 0.25) is 0 Å². The lowest BCUT2D eigenvalue weighted by atomic mass is 10.2. The topological polar surface area (TPSA) is 94.4 Å². The number of aromatic nitrogens is 1. The Kier molecular flexibility index (Phi) is 5.69. The Morgan fingerprint density at radius 2 is 1.69 bits per heavy atom. The third kappa shape index (κ3) is 2.75. The minimum atomic E-state index is -0.627. The van der Waals surface area contributed by atoms with Crippen molar-refractivity contribution in [3.05, 3.63) is 17.5 Å². The molecule has 0 spiro atoms. The number of rotatable bonds is 2. The molecule has 1 rings (SSSR count). The normalized spacial score (nSPS) is 8.75. The van der Waals surface area contributed by atoms with E-state index in [1.54, 1.807) is 0 Å². The van der Waals surface area contributed by atoms with Gasteiger partial charge in [-0.3, -0.25) is 0 Å². The third-order valence-corrected chi connectivity index (χ3v) is 1.72. The summed E-state index contributed by atoms with van der Waals surface area (Å²) >= 11 is 0. The first kappa shape index (κ1) is 14.0. The number of hydrogen-bond donors (Lipinski definition) is 2. The van der Waals surface area contributed by atoms with E-state index in [-0.39, 0.29) is 16.9 Å². The van der Waals surface area contributed by atoms with Crippen LogP contribution in [0, 0.1) is 0 Å². The monoisotopic (exact) mass is 228 g/mol. The van der Waals surface area contributed by atoms with Gasteiger partial charge in [0.2, 0.25) is 0 Å². The first-order valence-corrected chi connectivity index (χ1v) is 4.75. The first-order valence-electron chi connectivity index (χ1n) is 4.75. The summed E-state index contributed by atoms with van der Waals surface area (Å²) in [6.07, 6.45) is 1.30. The predicted molar refractivity (Wildman–Crippen MR) is 59.2 cm³/mol. The number of carbonyl (C=O) groups is 2. The molecular weight excluding hydrogens is 212 g/mol. The van der Waals surface area contributed by atoms with Crippen molar-refractivity contribution < 1.29 is 19.1 Å². The van der Waals surface area contributed by atoms with E-state index in [0.29, 0.717) is 0 Å². The summed E-state index contributed by atoms with van der Waals surface area (Å²) in [5.41, 5.74) is 5.72. The zero-order chi connectivity index (χ0) is 12.7. The first-order chi connectivity index (χ1) is 7.61. The van der Waals surface area contributed by atoms with E-state index in [4.69, 9.17) is 5.73 Å². The second-order valence-corrected chi connectivity index (χ2v) is 2.47. The standard InChI is InChI=1S/C8H10N2O4.C2H6/c1-13-7(11)4-3-10-6(5(4)9)8(12)14-2;1-2/h3,10H,9H2,1-2H3;1-2H3. The van der Waals surface area contributed by atoms with Crippen molar-refractivity contribution in [3.63, 3.8) is 0 Å². The Balaban J connectivity index is 0.00000106. The summed E-state index contributed by atoms with van der Waals surface area (Å²) in [5.74, 6) is -1.23. The molecule has 6 heteroatoms. The van der Waals surface area contributed by atoms with Gasteiger partial charge in [-0.1, -0.05) is 13.8 Å². The van der Waals surface area contributed by atoms with Crippen LogP contribution < -0.4 is 5.73 Å². The maximum atomic E-state index is 11.1. The lowest BCUT2D eigenvalue weighted by molar-refractivity contribution is 0.0594. The fourth-order valence-corrected chi connectivity index (χ4v) is 0.984. The third-order valence-electron chi connectivity index (χ3n) is 1.72. The molecule has 0 aromatic carbocycles. The number of hydrogen-bond acceptors (Lipinski definition) is 5. The summed E-state index contributed by atoms with van der Waals surface area (Å²) in [5, 5.41) is 0.